The Morgan fingerprint density at radius 2 is 1.62 bits per heavy atom. The predicted molar refractivity (Wildman–Crippen MR) is 180 cm³/mol. The molecule has 3 aromatic rings. The molecule has 1 atom stereocenters. The number of sulfonamides is 1. The van der Waals surface area contributed by atoms with Gasteiger partial charge >= 0.3 is 0 Å². The fourth-order valence-corrected chi connectivity index (χ4v) is 7.36. The first-order chi connectivity index (χ1) is 21.5. The van der Waals surface area contributed by atoms with Gasteiger partial charge in [0, 0.05) is 17.6 Å². The van der Waals surface area contributed by atoms with E-state index in [-0.39, 0.29) is 35.7 Å². The predicted octanol–water partition coefficient (Wildman–Crippen LogP) is 7.50. The van der Waals surface area contributed by atoms with Crippen molar-refractivity contribution in [2.45, 2.75) is 75.9 Å². The smallest absolute Gasteiger partial charge is 0.264 e. The summed E-state index contributed by atoms with van der Waals surface area (Å²) in [6, 6.07) is 16.5. The van der Waals surface area contributed by atoms with Crippen LogP contribution in [-0.4, -0.2) is 50.4 Å². The molecule has 0 spiro atoms. The van der Waals surface area contributed by atoms with Crippen molar-refractivity contribution >= 4 is 62.3 Å². The molecule has 242 valence electrons. The van der Waals surface area contributed by atoms with E-state index in [2.05, 4.69) is 5.32 Å². The van der Waals surface area contributed by atoms with Crippen molar-refractivity contribution in [1.29, 1.82) is 0 Å². The van der Waals surface area contributed by atoms with Crippen molar-refractivity contribution in [3.05, 3.63) is 87.4 Å². The van der Waals surface area contributed by atoms with E-state index >= 15 is 0 Å². The van der Waals surface area contributed by atoms with E-state index in [0.29, 0.717) is 32.8 Å². The van der Waals surface area contributed by atoms with E-state index in [4.69, 9.17) is 39.5 Å². The molecule has 0 radical (unpaired) electrons. The molecule has 0 aromatic heterocycles. The highest BCUT2D eigenvalue weighted by molar-refractivity contribution is 7.92. The van der Waals surface area contributed by atoms with Gasteiger partial charge in [-0.2, -0.15) is 0 Å². The van der Waals surface area contributed by atoms with Crippen molar-refractivity contribution in [3.63, 3.8) is 0 Å². The molecule has 4 rings (SSSR count). The minimum absolute atomic E-state index is 0.00819. The largest absolute Gasteiger partial charge is 0.492 e. The summed E-state index contributed by atoms with van der Waals surface area (Å²) in [5.74, 6) is -0.557. The maximum atomic E-state index is 14.4. The number of nitrogens with zero attached hydrogens (tertiary/aromatic N) is 2. The number of amides is 2. The molecule has 0 heterocycles. The number of benzene rings is 3. The first kappa shape index (κ1) is 34.9. The Labute approximate surface area is 280 Å². The van der Waals surface area contributed by atoms with Crippen LogP contribution in [0.2, 0.25) is 15.1 Å². The number of para-hydroxylation sites is 2. The number of anilines is 1. The molecule has 1 aliphatic carbocycles. The summed E-state index contributed by atoms with van der Waals surface area (Å²) >= 11 is 18.5. The van der Waals surface area contributed by atoms with E-state index in [9.17, 15) is 18.0 Å². The van der Waals surface area contributed by atoms with Crippen molar-refractivity contribution < 1.29 is 22.7 Å². The Hall–Kier alpha value is -2.98. The highest BCUT2D eigenvalue weighted by atomic mass is 35.5. The first-order valence-corrected chi connectivity index (χ1v) is 17.7. The maximum absolute atomic E-state index is 14.4. The minimum atomic E-state index is -4.29. The van der Waals surface area contributed by atoms with E-state index in [1.807, 2.05) is 6.92 Å². The lowest BCUT2D eigenvalue weighted by atomic mass is 9.95. The molecule has 0 bridgehead atoms. The van der Waals surface area contributed by atoms with Crippen molar-refractivity contribution in [1.82, 2.24) is 10.2 Å². The number of carbonyl (C=O) groups excluding carboxylic acids is 2. The van der Waals surface area contributed by atoms with Gasteiger partial charge in [-0.15, -0.1) is 0 Å². The molecule has 12 heteroatoms. The number of nitrogens with one attached hydrogen (secondary N) is 1. The Bertz CT molecular complexity index is 1580. The lowest BCUT2D eigenvalue weighted by molar-refractivity contribution is -0.140. The highest BCUT2D eigenvalue weighted by Crippen LogP contribution is 2.33. The molecule has 0 unspecified atom stereocenters. The van der Waals surface area contributed by atoms with Gasteiger partial charge in [0.2, 0.25) is 11.8 Å². The van der Waals surface area contributed by atoms with Crippen LogP contribution >= 0.6 is 34.8 Å². The van der Waals surface area contributed by atoms with Crippen molar-refractivity contribution in [3.8, 4) is 5.75 Å². The van der Waals surface area contributed by atoms with E-state index in [1.54, 1.807) is 49.4 Å². The van der Waals surface area contributed by atoms with Gasteiger partial charge < -0.3 is 15.0 Å². The first-order valence-electron chi connectivity index (χ1n) is 15.1. The van der Waals surface area contributed by atoms with E-state index in [1.165, 1.54) is 29.2 Å². The molecule has 3 aromatic carbocycles. The fourth-order valence-electron chi connectivity index (χ4n) is 5.49. The number of hydrogen-bond acceptors (Lipinski definition) is 5. The number of hydrogen-bond donors (Lipinski definition) is 1. The monoisotopic (exact) mass is 693 g/mol. The van der Waals surface area contributed by atoms with Crippen LogP contribution in [0.5, 0.6) is 5.75 Å². The quantitative estimate of drug-likeness (QED) is 0.200. The van der Waals surface area contributed by atoms with Crippen LogP contribution in [0.1, 0.15) is 57.9 Å². The molecular weight excluding hydrogens is 657 g/mol. The van der Waals surface area contributed by atoms with Gasteiger partial charge in [0.1, 0.15) is 18.3 Å². The Kier molecular flexibility index (Phi) is 12.4. The summed E-state index contributed by atoms with van der Waals surface area (Å²) in [7, 11) is -4.29. The molecule has 45 heavy (non-hydrogen) atoms. The zero-order valence-corrected chi connectivity index (χ0v) is 28.4. The van der Waals surface area contributed by atoms with E-state index < -0.39 is 28.5 Å². The fraction of sp³-hybridized carbons (Fsp3) is 0.394. The van der Waals surface area contributed by atoms with Gasteiger partial charge in [-0.25, -0.2) is 8.42 Å². The topological polar surface area (TPSA) is 96.0 Å². The zero-order valence-electron chi connectivity index (χ0n) is 25.3. The summed E-state index contributed by atoms with van der Waals surface area (Å²) in [5, 5.41) is 4.17. The van der Waals surface area contributed by atoms with Crippen LogP contribution in [0.25, 0.3) is 0 Å². The number of halogens is 3. The van der Waals surface area contributed by atoms with Gasteiger partial charge in [-0.1, -0.05) is 79.2 Å². The molecule has 1 fully saturated rings. The Balaban J connectivity index is 1.76. The highest BCUT2D eigenvalue weighted by Gasteiger charge is 2.35. The summed E-state index contributed by atoms with van der Waals surface area (Å²) in [6.45, 7) is 3.31. The van der Waals surface area contributed by atoms with Gasteiger partial charge in [0.25, 0.3) is 10.0 Å². The van der Waals surface area contributed by atoms with Crippen LogP contribution in [0.15, 0.2) is 71.6 Å². The minimum Gasteiger partial charge on any atom is -0.492 e. The van der Waals surface area contributed by atoms with E-state index in [0.717, 1.165) is 36.4 Å². The third-order valence-electron chi connectivity index (χ3n) is 7.79. The second kappa shape index (κ2) is 16.0. The molecule has 8 nitrogen and oxygen atoms in total. The van der Waals surface area contributed by atoms with Gasteiger partial charge in [-0.05, 0) is 80.3 Å². The molecule has 0 aliphatic heterocycles. The van der Waals surface area contributed by atoms with Gasteiger partial charge in [0.05, 0.1) is 27.2 Å². The van der Waals surface area contributed by atoms with Gasteiger partial charge in [-0.3, -0.25) is 13.9 Å². The summed E-state index contributed by atoms with van der Waals surface area (Å²) < 4.78 is 35.2. The van der Waals surface area contributed by atoms with Crippen LogP contribution in [-0.2, 0) is 26.2 Å². The van der Waals surface area contributed by atoms with Gasteiger partial charge in [0.15, 0.2) is 0 Å². The molecule has 0 saturated heterocycles. The second-order valence-electron chi connectivity index (χ2n) is 10.9. The molecule has 1 N–H and O–H groups in total. The average molecular weight is 695 g/mol. The second-order valence-corrected chi connectivity index (χ2v) is 14.0. The molecular formula is C33H38Cl3N3O5S. The van der Waals surface area contributed by atoms with Crippen LogP contribution in [0.3, 0.4) is 0 Å². The molecule has 1 aliphatic rings. The Morgan fingerprint density at radius 3 is 2.27 bits per heavy atom. The lowest BCUT2D eigenvalue weighted by Gasteiger charge is -2.34. The van der Waals surface area contributed by atoms with Crippen molar-refractivity contribution in [2.75, 3.05) is 17.5 Å². The number of ether oxygens (including phenoxy) is 1. The van der Waals surface area contributed by atoms with Crippen LogP contribution in [0, 0.1) is 0 Å². The maximum Gasteiger partial charge on any atom is 0.264 e. The van der Waals surface area contributed by atoms with Crippen LogP contribution in [0.4, 0.5) is 5.69 Å². The Morgan fingerprint density at radius 1 is 0.933 bits per heavy atom. The average Bonchev–Trinajstić information content (AvgIpc) is 3.02. The SMILES string of the molecule is CCOc1ccccc1N(CC(=O)N(Cc1ccc(Cl)c(Cl)c1)[C@H](CC)C(=O)NC1CCCCC1)S(=O)(=O)c1ccc(Cl)cc1. The standard InChI is InChI=1S/C33H38Cl3N3O5S/c1-3-29(33(41)37-25-10-6-5-7-11-25)38(21-23-14-19-27(35)28(36)20-23)32(40)22-39(30-12-8-9-13-31(30)44-4-2)45(42,43)26-17-15-24(34)16-18-26/h8-9,12-20,25,29H,3-7,10-11,21-22H2,1-2H3,(H,37,41)/t29-/m1/s1. The third kappa shape index (κ3) is 8.85. The number of carbonyl (C=O) groups is 2. The van der Waals surface area contributed by atoms with Crippen molar-refractivity contribution in [2.24, 2.45) is 0 Å². The molecule has 2 amide bonds. The summed E-state index contributed by atoms with van der Waals surface area (Å²) in [4.78, 5) is 29.5. The third-order valence-corrected chi connectivity index (χ3v) is 10.6. The summed E-state index contributed by atoms with van der Waals surface area (Å²) in [6.07, 6.45) is 5.26. The summed E-state index contributed by atoms with van der Waals surface area (Å²) in [5.41, 5.74) is 0.834. The lowest BCUT2D eigenvalue weighted by Crippen LogP contribution is -2.54. The zero-order chi connectivity index (χ0) is 32.6. The normalized spacial score (nSPS) is 14.4. The number of rotatable bonds is 13. The molecule has 1 saturated carbocycles. The van der Waals surface area contributed by atoms with Crippen LogP contribution < -0.4 is 14.4 Å².